The van der Waals surface area contributed by atoms with Gasteiger partial charge in [0.05, 0.1) is 5.56 Å². The molecule has 1 amide bonds. The molecule has 0 saturated heterocycles. The fourth-order valence-electron chi connectivity index (χ4n) is 2.39. The number of aromatic carboxylic acids is 1. The van der Waals surface area contributed by atoms with Crippen molar-refractivity contribution in [3.63, 3.8) is 0 Å². The number of amides is 1. The molecule has 3 rings (SSSR count). The molecule has 0 aliphatic heterocycles. The lowest BCUT2D eigenvalue weighted by molar-refractivity contribution is -0.115. The Bertz CT molecular complexity index is 785. The summed E-state index contributed by atoms with van der Waals surface area (Å²) in [4.78, 5) is 23.5. The molecule has 4 heteroatoms. The number of benzene rings is 2. The van der Waals surface area contributed by atoms with Crippen LogP contribution in [0, 0.1) is 6.92 Å². The van der Waals surface area contributed by atoms with Crippen LogP contribution < -0.4 is 5.32 Å². The number of carboxylic acid groups (broad SMARTS) is 1. The van der Waals surface area contributed by atoms with Gasteiger partial charge in [0.25, 0.3) is 5.91 Å². The molecular formula is C20H19NO3. The standard InChI is InChI=1S/C20H19NO3/c1-13-2-6-15(7-3-13)18(19(22)21-17-10-11-17)12-14-4-8-16(9-5-14)20(23)24/h2-9,12,17H,10-11H2,1H3,(H,21,22)(H,23,24)/b18-12-. The summed E-state index contributed by atoms with van der Waals surface area (Å²) in [5.41, 5.74) is 3.59. The Kier molecular flexibility index (Phi) is 4.47. The van der Waals surface area contributed by atoms with Crippen LogP contribution in [0.15, 0.2) is 48.5 Å². The highest BCUT2D eigenvalue weighted by molar-refractivity contribution is 6.24. The van der Waals surface area contributed by atoms with E-state index < -0.39 is 5.97 Å². The maximum absolute atomic E-state index is 12.6. The van der Waals surface area contributed by atoms with Crippen molar-refractivity contribution in [2.45, 2.75) is 25.8 Å². The summed E-state index contributed by atoms with van der Waals surface area (Å²) in [6.45, 7) is 2.00. The summed E-state index contributed by atoms with van der Waals surface area (Å²) in [5, 5.41) is 12.0. The van der Waals surface area contributed by atoms with Crippen LogP contribution in [0.5, 0.6) is 0 Å². The molecule has 2 N–H and O–H groups in total. The molecule has 0 atom stereocenters. The van der Waals surface area contributed by atoms with E-state index in [1.165, 1.54) is 0 Å². The SMILES string of the molecule is Cc1ccc(/C(=C/c2ccc(C(=O)O)cc2)C(=O)NC2CC2)cc1. The van der Waals surface area contributed by atoms with Gasteiger partial charge in [-0.25, -0.2) is 4.79 Å². The first-order chi connectivity index (χ1) is 11.5. The van der Waals surface area contributed by atoms with Crippen LogP contribution in [0.25, 0.3) is 11.6 Å². The quantitative estimate of drug-likeness (QED) is 0.654. The van der Waals surface area contributed by atoms with Gasteiger partial charge in [0.1, 0.15) is 0 Å². The molecule has 1 aliphatic carbocycles. The van der Waals surface area contributed by atoms with Gasteiger partial charge in [-0.3, -0.25) is 4.79 Å². The molecule has 1 saturated carbocycles. The van der Waals surface area contributed by atoms with Crippen molar-refractivity contribution in [2.75, 3.05) is 0 Å². The summed E-state index contributed by atoms with van der Waals surface area (Å²) >= 11 is 0. The fourth-order valence-corrected chi connectivity index (χ4v) is 2.39. The van der Waals surface area contributed by atoms with Crippen LogP contribution in [0.2, 0.25) is 0 Å². The monoisotopic (exact) mass is 321 g/mol. The molecule has 24 heavy (non-hydrogen) atoms. The number of nitrogens with one attached hydrogen (secondary N) is 1. The summed E-state index contributed by atoms with van der Waals surface area (Å²) in [6.07, 6.45) is 3.86. The van der Waals surface area contributed by atoms with E-state index in [9.17, 15) is 9.59 Å². The van der Waals surface area contributed by atoms with Crippen molar-refractivity contribution < 1.29 is 14.7 Å². The number of carbonyl (C=O) groups is 2. The molecule has 0 radical (unpaired) electrons. The molecule has 0 heterocycles. The Balaban J connectivity index is 1.94. The summed E-state index contributed by atoms with van der Waals surface area (Å²) in [5.74, 6) is -1.06. The van der Waals surface area contributed by atoms with Gasteiger partial charge in [0.2, 0.25) is 0 Å². The van der Waals surface area contributed by atoms with Crippen molar-refractivity contribution in [2.24, 2.45) is 0 Å². The fraction of sp³-hybridized carbons (Fsp3) is 0.200. The normalized spacial score (nSPS) is 14.3. The van der Waals surface area contributed by atoms with Gasteiger partial charge in [-0.15, -0.1) is 0 Å². The minimum Gasteiger partial charge on any atom is -0.478 e. The minimum absolute atomic E-state index is 0.0938. The second-order valence-electron chi connectivity index (χ2n) is 6.10. The van der Waals surface area contributed by atoms with E-state index in [-0.39, 0.29) is 17.5 Å². The molecule has 0 spiro atoms. The van der Waals surface area contributed by atoms with E-state index in [1.54, 1.807) is 30.3 Å². The Morgan fingerprint density at radius 1 is 1.00 bits per heavy atom. The number of carboxylic acids is 1. The van der Waals surface area contributed by atoms with E-state index in [1.807, 2.05) is 31.2 Å². The molecule has 0 unspecified atom stereocenters. The van der Waals surface area contributed by atoms with Crippen LogP contribution in [-0.4, -0.2) is 23.0 Å². The average molecular weight is 321 g/mol. The first-order valence-corrected chi connectivity index (χ1v) is 7.96. The topological polar surface area (TPSA) is 66.4 Å². The summed E-state index contributed by atoms with van der Waals surface area (Å²) in [6, 6.07) is 14.6. The maximum atomic E-state index is 12.6. The highest BCUT2D eigenvalue weighted by atomic mass is 16.4. The number of hydrogen-bond acceptors (Lipinski definition) is 2. The van der Waals surface area contributed by atoms with E-state index in [0.717, 1.165) is 29.5 Å². The van der Waals surface area contributed by atoms with Crippen LogP contribution >= 0.6 is 0 Å². The highest BCUT2D eigenvalue weighted by Gasteiger charge is 2.25. The zero-order valence-corrected chi connectivity index (χ0v) is 13.5. The Hall–Kier alpha value is -2.88. The average Bonchev–Trinajstić information content (AvgIpc) is 3.38. The molecule has 122 valence electrons. The molecule has 2 aromatic carbocycles. The third kappa shape index (κ3) is 3.90. The number of aryl methyl sites for hydroxylation is 1. The van der Waals surface area contributed by atoms with E-state index in [4.69, 9.17) is 5.11 Å². The van der Waals surface area contributed by atoms with Gasteiger partial charge < -0.3 is 10.4 Å². The zero-order valence-electron chi connectivity index (χ0n) is 13.5. The molecule has 4 nitrogen and oxygen atoms in total. The molecule has 0 aromatic heterocycles. The number of hydrogen-bond donors (Lipinski definition) is 2. The first kappa shape index (κ1) is 16.0. The van der Waals surface area contributed by atoms with E-state index >= 15 is 0 Å². The third-order valence-electron chi connectivity index (χ3n) is 3.99. The van der Waals surface area contributed by atoms with Crippen LogP contribution in [0.3, 0.4) is 0 Å². The van der Waals surface area contributed by atoms with Crippen molar-refractivity contribution in [3.05, 3.63) is 70.8 Å². The van der Waals surface area contributed by atoms with E-state index in [2.05, 4.69) is 5.32 Å². The van der Waals surface area contributed by atoms with Gasteiger partial charge in [-0.05, 0) is 49.1 Å². The van der Waals surface area contributed by atoms with Gasteiger partial charge in [0.15, 0.2) is 0 Å². The Morgan fingerprint density at radius 3 is 2.12 bits per heavy atom. The lowest BCUT2D eigenvalue weighted by Gasteiger charge is -2.09. The summed E-state index contributed by atoms with van der Waals surface area (Å²) in [7, 11) is 0. The molecule has 2 aromatic rings. The smallest absolute Gasteiger partial charge is 0.335 e. The molecule has 1 fully saturated rings. The second kappa shape index (κ2) is 6.71. The Morgan fingerprint density at radius 2 is 1.58 bits per heavy atom. The van der Waals surface area contributed by atoms with Gasteiger partial charge in [-0.2, -0.15) is 0 Å². The maximum Gasteiger partial charge on any atom is 0.335 e. The molecule has 0 bridgehead atoms. The largest absolute Gasteiger partial charge is 0.478 e. The minimum atomic E-state index is -0.962. The zero-order chi connectivity index (χ0) is 17.1. The first-order valence-electron chi connectivity index (χ1n) is 7.96. The highest BCUT2D eigenvalue weighted by Crippen LogP contribution is 2.24. The van der Waals surface area contributed by atoms with Crippen molar-refractivity contribution in [1.29, 1.82) is 0 Å². The van der Waals surface area contributed by atoms with Crippen molar-refractivity contribution in [3.8, 4) is 0 Å². The van der Waals surface area contributed by atoms with Crippen LogP contribution in [-0.2, 0) is 4.79 Å². The number of rotatable bonds is 5. The third-order valence-corrected chi connectivity index (χ3v) is 3.99. The van der Waals surface area contributed by atoms with E-state index in [0.29, 0.717) is 5.57 Å². The second-order valence-corrected chi connectivity index (χ2v) is 6.10. The number of carbonyl (C=O) groups excluding carboxylic acids is 1. The lowest BCUT2D eigenvalue weighted by atomic mass is 10.00. The van der Waals surface area contributed by atoms with Crippen LogP contribution in [0.4, 0.5) is 0 Å². The van der Waals surface area contributed by atoms with Crippen molar-refractivity contribution >= 4 is 23.5 Å². The Labute approximate surface area is 140 Å². The predicted octanol–water partition coefficient (Wildman–Crippen LogP) is 3.51. The van der Waals surface area contributed by atoms with Crippen LogP contribution in [0.1, 0.15) is 39.9 Å². The predicted molar refractivity (Wildman–Crippen MR) is 93.6 cm³/mol. The van der Waals surface area contributed by atoms with Gasteiger partial charge >= 0.3 is 5.97 Å². The van der Waals surface area contributed by atoms with Gasteiger partial charge in [-0.1, -0.05) is 42.0 Å². The lowest BCUT2D eigenvalue weighted by Crippen LogP contribution is -2.26. The molecule has 1 aliphatic rings. The van der Waals surface area contributed by atoms with Crippen molar-refractivity contribution in [1.82, 2.24) is 5.32 Å². The molecular weight excluding hydrogens is 302 g/mol. The summed E-state index contributed by atoms with van der Waals surface area (Å²) < 4.78 is 0. The van der Waals surface area contributed by atoms with Gasteiger partial charge in [0, 0.05) is 11.6 Å².